The quantitative estimate of drug-likeness (QED) is 0.190. The van der Waals surface area contributed by atoms with Gasteiger partial charge in [0.2, 0.25) is 5.95 Å². The largest absolute Gasteiger partial charge is 0.278 e. The van der Waals surface area contributed by atoms with Gasteiger partial charge >= 0.3 is 0 Å². The molecule has 10 aromatic rings. The van der Waals surface area contributed by atoms with E-state index < -0.39 is 0 Å². The predicted molar refractivity (Wildman–Crippen MR) is 185 cm³/mol. The van der Waals surface area contributed by atoms with Gasteiger partial charge in [-0.15, -0.1) is 22.7 Å². The number of para-hydroxylation sites is 1. The fourth-order valence-electron chi connectivity index (χ4n) is 6.65. The molecule has 4 heterocycles. The molecule has 0 spiro atoms. The van der Waals surface area contributed by atoms with Crippen LogP contribution in [-0.4, -0.2) is 14.5 Å². The number of aromatic nitrogens is 3. The maximum absolute atomic E-state index is 5.34. The second-order valence-electron chi connectivity index (χ2n) is 11.0. The summed E-state index contributed by atoms with van der Waals surface area (Å²) in [6, 6.07) is 45.5. The average Bonchev–Trinajstić information content (AvgIpc) is 3.71. The van der Waals surface area contributed by atoms with E-state index in [1.807, 2.05) is 22.7 Å². The number of nitrogens with zero attached hydrogens (tertiary/aromatic N) is 3. The molecule has 0 aliphatic rings. The van der Waals surface area contributed by atoms with Crippen LogP contribution in [0.4, 0.5) is 0 Å². The summed E-state index contributed by atoms with van der Waals surface area (Å²) in [6.07, 6.45) is 0. The first kappa shape index (κ1) is 23.5. The van der Waals surface area contributed by atoms with Crippen LogP contribution in [0.3, 0.4) is 0 Å². The van der Waals surface area contributed by atoms with Crippen LogP contribution in [0.2, 0.25) is 0 Å². The van der Waals surface area contributed by atoms with Gasteiger partial charge < -0.3 is 0 Å². The van der Waals surface area contributed by atoms with Crippen molar-refractivity contribution >= 4 is 95.7 Å². The van der Waals surface area contributed by atoms with Gasteiger partial charge in [0.25, 0.3) is 0 Å². The third-order valence-electron chi connectivity index (χ3n) is 8.61. The van der Waals surface area contributed by atoms with Gasteiger partial charge in [-0.1, -0.05) is 97.1 Å². The Bertz CT molecular complexity index is 2730. The molecule has 0 aliphatic carbocycles. The molecule has 0 aliphatic heterocycles. The molecule has 0 radical (unpaired) electrons. The summed E-state index contributed by atoms with van der Waals surface area (Å²) in [7, 11) is 0. The molecule has 3 nitrogen and oxygen atoms in total. The van der Waals surface area contributed by atoms with Crippen LogP contribution in [0, 0.1) is 0 Å². The van der Waals surface area contributed by atoms with E-state index in [4.69, 9.17) is 9.97 Å². The van der Waals surface area contributed by atoms with Crippen molar-refractivity contribution in [2.75, 3.05) is 0 Å². The van der Waals surface area contributed by atoms with Crippen molar-refractivity contribution in [3.05, 3.63) is 127 Å². The first-order valence-electron chi connectivity index (χ1n) is 14.3. The highest BCUT2D eigenvalue weighted by Crippen LogP contribution is 2.46. The Morgan fingerprint density at radius 1 is 0.465 bits per heavy atom. The monoisotopic (exact) mass is 583 g/mol. The molecule has 0 bridgehead atoms. The number of thiophene rings is 2. The number of hydrogen-bond donors (Lipinski definition) is 0. The van der Waals surface area contributed by atoms with E-state index in [1.165, 1.54) is 45.7 Å². The first-order valence-corrected chi connectivity index (χ1v) is 16.0. The Morgan fingerprint density at radius 3 is 2.09 bits per heavy atom. The second-order valence-corrected chi connectivity index (χ2v) is 13.1. The van der Waals surface area contributed by atoms with Crippen LogP contribution < -0.4 is 0 Å². The molecule has 43 heavy (non-hydrogen) atoms. The molecule has 200 valence electrons. The first-order chi connectivity index (χ1) is 21.3. The molecule has 0 saturated heterocycles. The summed E-state index contributed by atoms with van der Waals surface area (Å²) in [5.74, 6) is 0.692. The summed E-state index contributed by atoms with van der Waals surface area (Å²) < 4.78 is 7.65. The van der Waals surface area contributed by atoms with Crippen LogP contribution in [0.5, 0.6) is 0 Å². The van der Waals surface area contributed by atoms with Gasteiger partial charge in [-0.05, 0) is 35.7 Å². The predicted octanol–water partition coefficient (Wildman–Crippen LogP) is 11.1. The van der Waals surface area contributed by atoms with Crippen molar-refractivity contribution in [2.24, 2.45) is 0 Å². The molecule has 0 N–H and O–H groups in total. The summed E-state index contributed by atoms with van der Waals surface area (Å²) in [5, 5.41) is 8.47. The van der Waals surface area contributed by atoms with Crippen LogP contribution in [0.1, 0.15) is 0 Å². The summed E-state index contributed by atoms with van der Waals surface area (Å²) in [5.41, 5.74) is 5.24. The van der Waals surface area contributed by atoms with Crippen molar-refractivity contribution < 1.29 is 0 Å². The van der Waals surface area contributed by atoms with E-state index >= 15 is 0 Å². The van der Waals surface area contributed by atoms with E-state index in [9.17, 15) is 0 Å². The minimum atomic E-state index is 0.692. The number of fused-ring (bicyclic) bond motifs is 11. The van der Waals surface area contributed by atoms with E-state index in [0.29, 0.717) is 5.95 Å². The van der Waals surface area contributed by atoms with Gasteiger partial charge in [-0.3, -0.25) is 4.57 Å². The van der Waals surface area contributed by atoms with E-state index in [0.717, 1.165) is 38.6 Å². The fourth-order valence-corrected chi connectivity index (χ4v) is 9.31. The van der Waals surface area contributed by atoms with Gasteiger partial charge in [-0.25, -0.2) is 9.97 Å². The van der Waals surface area contributed by atoms with Crippen LogP contribution in [-0.2, 0) is 0 Å². The Hall–Kier alpha value is -5.10. The van der Waals surface area contributed by atoms with E-state index in [-0.39, 0.29) is 0 Å². The average molecular weight is 584 g/mol. The van der Waals surface area contributed by atoms with Crippen molar-refractivity contribution in [3.8, 4) is 17.2 Å². The molecule has 0 atom stereocenters. The lowest BCUT2D eigenvalue weighted by atomic mass is 10.0. The normalized spacial score (nSPS) is 12.2. The molecule has 4 aromatic heterocycles. The zero-order valence-electron chi connectivity index (χ0n) is 22.8. The molecule has 0 amide bonds. The molecular weight excluding hydrogens is 563 g/mol. The summed E-state index contributed by atoms with van der Waals surface area (Å²) in [6.45, 7) is 0. The Kier molecular flexibility index (Phi) is 4.75. The Labute approximate surface area is 253 Å². The Balaban J connectivity index is 1.35. The maximum atomic E-state index is 5.34. The van der Waals surface area contributed by atoms with Crippen LogP contribution in [0.25, 0.3) is 90.3 Å². The van der Waals surface area contributed by atoms with Crippen molar-refractivity contribution in [1.29, 1.82) is 0 Å². The number of benzene rings is 6. The minimum Gasteiger partial charge on any atom is -0.278 e. The number of rotatable bonds is 2. The lowest BCUT2D eigenvalue weighted by Gasteiger charge is -2.13. The zero-order chi connectivity index (χ0) is 28.1. The van der Waals surface area contributed by atoms with Crippen molar-refractivity contribution in [2.45, 2.75) is 0 Å². The van der Waals surface area contributed by atoms with Gasteiger partial charge in [0.1, 0.15) is 0 Å². The van der Waals surface area contributed by atoms with Crippen molar-refractivity contribution in [3.63, 3.8) is 0 Å². The lowest BCUT2D eigenvalue weighted by Crippen LogP contribution is -2.03. The highest BCUT2D eigenvalue weighted by molar-refractivity contribution is 7.36. The molecular formula is C38H21N3S2. The smallest absolute Gasteiger partial charge is 0.235 e. The van der Waals surface area contributed by atoms with Crippen LogP contribution in [0.15, 0.2) is 127 Å². The fraction of sp³-hybridized carbons (Fsp3) is 0. The standard InChI is InChI=1S/C38H21N3S2/c1-2-11-23(12-3-1)34-27-19-18-22-10-4-5-13-24(22)35(27)40-38(39-34)41-30-16-8-6-14-25(30)28-20-29-33(21-31(28)41)43-36-26-15-7-9-17-32(26)42-37(29)36/h1-21H. The lowest BCUT2D eigenvalue weighted by molar-refractivity contribution is 1.02. The topological polar surface area (TPSA) is 30.7 Å². The van der Waals surface area contributed by atoms with Crippen LogP contribution >= 0.6 is 22.7 Å². The van der Waals surface area contributed by atoms with Crippen molar-refractivity contribution in [1.82, 2.24) is 14.5 Å². The summed E-state index contributed by atoms with van der Waals surface area (Å²) in [4.78, 5) is 10.7. The molecule has 10 rings (SSSR count). The Morgan fingerprint density at radius 2 is 1.19 bits per heavy atom. The minimum absolute atomic E-state index is 0.692. The summed E-state index contributed by atoms with van der Waals surface area (Å²) >= 11 is 3.78. The van der Waals surface area contributed by atoms with Gasteiger partial charge in [0.05, 0.1) is 31.6 Å². The second kappa shape index (κ2) is 8.71. The molecule has 6 aromatic carbocycles. The molecule has 0 unspecified atom stereocenters. The third kappa shape index (κ3) is 3.29. The highest BCUT2D eigenvalue weighted by atomic mass is 32.1. The zero-order valence-corrected chi connectivity index (χ0v) is 24.4. The third-order valence-corrected chi connectivity index (χ3v) is 11.1. The van der Waals surface area contributed by atoms with Gasteiger partial charge in [-0.2, -0.15) is 0 Å². The highest BCUT2D eigenvalue weighted by Gasteiger charge is 2.20. The molecule has 5 heteroatoms. The van der Waals surface area contributed by atoms with E-state index in [2.05, 4.69) is 132 Å². The van der Waals surface area contributed by atoms with Gasteiger partial charge in [0, 0.05) is 47.3 Å². The SMILES string of the molecule is c1ccc(-c2nc(-n3c4ccccc4c4cc5c(cc43)sc3c4ccccc4sc53)nc3c2ccc2ccccc23)cc1. The van der Waals surface area contributed by atoms with Gasteiger partial charge in [0.15, 0.2) is 0 Å². The van der Waals surface area contributed by atoms with E-state index in [1.54, 1.807) is 0 Å². The molecule has 0 saturated carbocycles. The number of hydrogen-bond acceptors (Lipinski definition) is 4. The maximum Gasteiger partial charge on any atom is 0.235 e. The molecule has 0 fully saturated rings.